The number of carbonyl (C=O) groups excluding carboxylic acids is 2. The van der Waals surface area contributed by atoms with Gasteiger partial charge in [0.05, 0.1) is 19.8 Å². The third-order valence-corrected chi connectivity index (χ3v) is 9.92. The van der Waals surface area contributed by atoms with Crippen LogP contribution in [0, 0.1) is 0 Å². The van der Waals surface area contributed by atoms with E-state index in [1.165, 1.54) is 12.8 Å². The fourth-order valence-electron chi connectivity index (χ4n) is 6.34. The van der Waals surface area contributed by atoms with Crippen LogP contribution in [-0.4, -0.2) is 142 Å². The van der Waals surface area contributed by atoms with Gasteiger partial charge in [0.25, 0.3) is 0 Å². The van der Waals surface area contributed by atoms with Crippen LogP contribution in [0.5, 0.6) is 0 Å². The van der Waals surface area contributed by atoms with Crippen molar-refractivity contribution in [2.45, 2.75) is 184 Å². The molecule has 7 N–H and O–H groups in total. The molecule has 0 spiro atoms. The van der Waals surface area contributed by atoms with Gasteiger partial charge in [-0.25, -0.2) is 0 Å². The number of rotatable bonds is 30. The molecule has 0 bridgehead atoms. The third-order valence-electron chi connectivity index (χ3n) is 9.92. The Kier molecular flexibility index (Phi) is 27.9. The zero-order valence-corrected chi connectivity index (χ0v) is 34.5. The SMILES string of the molecule is CC/C=C/C=C/C=C/C=C/CCCCCCCC(=O)O[C@H](COC(=O)CCCCCCCCC)CO[C@@H]1O[C@H](CO[C@@H]2O[C@H](CO)[C@H](O)C(O)C2O)[C@H](O)C(O)C1O. The van der Waals surface area contributed by atoms with Gasteiger partial charge in [-0.3, -0.25) is 9.59 Å². The molecule has 58 heavy (non-hydrogen) atoms. The van der Waals surface area contributed by atoms with E-state index in [0.29, 0.717) is 12.8 Å². The second-order valence-electron chi connectivity index (χ2n) is 14.9. The summed E-state index contributed by atoms with van der Waals surface area (Å²) in [5.74, 6) is -0.966. The van der Waals surface area contributed by atoms with Gasteiger partial charge in [0.1, 0.15) is 55.4 Å². The molecule has 0 saturated carbocycles. The molecule has 0 radical (unpaired) electrons. The summed E-state index contributed by atoms with van der Waals surface area (Å²) in [5, 5.41) is 71.6. The molecule has 4 unspecified atom stereocenters. The number of carbonyl (C=O) groups is 2. The highest BCUT2D eigenvalue weighted by Gasteiger charge is 2.47. The van der Waals surface area contributed by atoms with Crippen LogP contribution in [0.1, 0.15) is 117 Å². The predicted molar refractivity (Wildman–Crippen MR) is 215 cm³/mol. The topological polar surface area (TPSA) is 231 Å². The van der Waals surface area contributed by atoms with E-state index in [9.17, 15) is 45.3 Å². The maximum atomic E-state index is 12.9. The number of esters is 2. The summed E-state index contributed by atoms with van der Waals surface area (Å²) in [5.41, 5.74) is 0. The minimum atomic E-state index is -1.77. The quantitative estimate of drug-likeness (QED) is 0.0312. The Balaban J connectivity index is 1.88. The molecule has 0 amide bonds. The van der Waals surface area contributed by atoms with Crippen molar-refractivity contribution < 1.29 is 73.8 Å². The molecule has 2 saturated heterocycles. The number of aliphatic hydroxyl groups is 7. The molecule has 0 aromatic carbocycles. The number of hydrogen-bond acceptors (Lipinski definition) is 15. The molecule has 334 valence electrons. The van der Waals surface area contributed by atoms with Gasteiger partial charge in [-0.05, 0) is 32.1 Å². The maximum Gasteiger partial charge on any atom is 0.306 e. The predicted octanol–water partition coefficient (Wildman–Crippen LogP) is 3.59. The molecule has 0 aromatic rings. The van der Waals surface area contributed by atoms with Crippen LogP contribution in [0.2, 0.25) is 0 Å². The lowest BCUT2D eigenvalue weighted by atomic mass is 9.98. The van der Waals surface area contributed by atoms with Crippen LogP contribution in [0.15, 0.2) is 48.6 Å². The number of ether oxygens (including phenoxy) is 6. The first-order chi connectivity index (χ1) is 28.0. The van der Waals surface area contributed by atoms with Gasteiger partial charge in [0, 0.05) is 12.8 Å². The van der Waals surface area contributed by atoms with Crippen LogP contribution >= 0.6 is 0 Å². The number of unbranched alkanes of at least 4 members (excludes halogenated alkanes) is 11. The Morgan fingerprint density at radius 2 is 1.09 bits per heavy atom. The van der Waals surface area contributed by atoms with E-state index >= 15 is 0 Å². The van der Waals surface area contributed by atoms with Crippen molar-refractivity contribution in [3.63, 3.8) is 0 Å². The lowest BCUT2D eigenvalue weighted by molar-refractivity contribution is -0.332. The second kappa shape index (κ2) is 31.4. The first kappa shape index (κ1) is 51.6. The van der Waals surface area contributed by atoms with Crippen molar-refractivity contribution in [1.82, 2.24) is 0 Å². The molecule has 2 fully saturated rings. The Morgan fingerprint density at radius 1 is 0.569 bits per heavy atom. The zero-order chi connectivity index (χ0) is 42.5. The molecule has 2 heterocycles. The normalized spacial score (nSPS) is 28.6. The standard InChI is InChI=1S/C43H72O15/c1-3-5-7-9-11-12-13-14-15-16-17-18-20-22-24-26-35(46)56-31(28-53-34(45)25-23-21-19-10-8-6-4-2)29-54-42-41(52)39(50)37(48)33(58-42)30-55-43-40(51)38(49)36(47)32(27-44)57-43/h5,7,9,11-15,31-33,36-44,47-52H,3-4,6,8,10,16-30H2,1-2H3/b7-5+,11-9+,13-12+,15-14+/t31-,32-,33-,36+,37+,38?,39?,40?,41?,42-,43-/m1/s1. The average Bonchev–Trinajstić information content (AvgIpc) is 3.21. The lowest BCUT2D eigenvalue weighted by Crippen LogP contribution is -2.61. The zero-order valence-electron chi connectivity index (χ0n) is 34.5. The number of hydrogen-bond donors (Lipinski definition) is 7. The monoisotopic (exact) mass is 828 g/mol. The fourth-order valence-corrected chi connectivity index (χ4v) is 6.34. The van der Waals surface area contributed by atoms with Crippen LogP contribution in [0.4, 0.5) is 0 Å². The van der Waals surface area contributed by atoms with Gasteiger partial charge in [-0.1, -0.05) is 120 Å². The van der Waals surface area contributed by atoms with Crippen molar-refractivity contribution in [2.24, 2.45) is 0 Å². The second-order valence-corrected chi connectivity index (χ2v) is 14.9. The Hall–Kier alpha value is -2.54. The molecule has 0 aliphatic carbocycles. The molecular weight excluding hydrogens is 756 g/mol. The molecular formula is C43H72O15. The summed E-state index contributed by atoms with van der Waals surface area (Å²) in [7, 11) is 0. The highest BCUT2D eigenvalue weighted by Crippen LogP contribution is 2.26. The van der Waals surface area contributed by atoms with Gasteiger partial charge < -0.3 is 64.2 Å². The van der Waals surface area contributed by atoms with Gasteiger partial charge in [-0.15, -0.1) is 0 Å². The highest BCUT2D eigenvalue weighted by molar-refractivity contribution is 5.70. The molecule has 2 aliphatic rings. The van der Waals surface area contributed by atoms with Gasteiger partial charge in [-0.2, -0.15) is 0 Å². The highest BCUT2D eigenvalue weighted by atomic mass is 16.7. The van der Waals surface area contributed by atoms with Crippen molar-refractivity contribution in [3.8, 4) is 0 Å². The van der Waals surface area contributed by atoms with Crippen LogP contribution < -0.4 is 0 Å². The van der Waals surface area contributed by atoms with E-state index < -0.39 is 99.3 Å². The van der Waals surface area contributed by atoms with Crippen molar-refractivity contribution in [3.05, 3.63) is 48.6 Å². The first-order valence-electron chi connectivity index (χ1n) is 21.3. The van der Waals surface area contributed by atoms with E-state index in [-0.39, 0.29) is 19.4 Å². The van der Waals surface area contributed by atoms with Crippen LogP contribution in [-0.2, 0) is 38.0 Å². The third kappa shape index (κ3) is 20.6. The van der Waals surface area contributed by atoms with Crippen molar-refractivity contribution in [2.75, 3.05) is 26.4 Å². The molecule has 2 aliphatic heterocycles. The molecule has 15 heteroatoms. The van der Waals surface area contributed by atoms with Crippen LogP contribution in [0.25, 0.3) is 0 Å². The summed E-state index contributed by atoms with van der Waals surface area (Å²) >= 11 is 0. The Morgan fingerprint density at radius 3 is 1.71 bits per heavy atom. The van der Waals surface area contributed by atoms with Gasteiger partial charge in [0.2, 0.25) is 0 Å². The van der Waals surface area contributed by atoms with Crippen molar-refractivity contribution >= 4 is 11.9 Å². The minimum Gasteiger partial charge on any atom is -0.462 e. The van der Waals surface area contributed by atoms with E-state index in [1.54, 1.807) is 0 Å². The van der Waals surface area contributed by atoms with E-state index in [1.807, 2.05) is 36.5 Å². The number of aliphatic hydroxyl groups excluding tert-OH is 7. The summed E-state index contributed by atoms with van der Waals surface area (Å²) in [4.78, 5) is 25.4. The van der Waals surface area contributed by atoms with Gasteiger partial charge in [0.15, 0.2) is 18.7 Å². The lowest BCUT2D eigenvalue weighted by Gasteiger charge is -2.42. The summed E-state index contributed by atoms with van der Waals surface area (Å²) < 4.78 is 33.3. The molecule has 2 rings (SSSR count). The van der Waals surface area contributed by atoms with Crippen molar-refractivity contribution in [1.29, 1.82) is 0 Å². The molecule has 0 aromatic heterocycles. The molecule has 11 atom stereocenters. The van der Waals surface area contributed by atoms with Crippen LogP contribution in [0.3, 0.4) is 0 Å². The average molecular weight is 829 g/mol. The largest absolute Gasteiger partial charge is 0.462 e. The van der Waals surface area contributed by atoms with Gasteiger partial charge >= 0.3 is 11.9 Å². The minimum absolute atomic E-state index is 0.138. The summed E-state index contributed by atoms with van der Waals surface area (Å²) in [6, 6.07) is 0. The van der Waals surface area contributed by atoms with E-state index in [4.69, 9.17) is 28.4 Å². The summed E-state index contributed by atoms with van der Waals surface area (Å²) in [6.45, 7) is 2.33. The summed E-state index contributed by atoms with van der Waals surface area (Å²) in [6.07, 6.45) is 13.3. The first-order valence-corrected chi connectivity index (χ1v) is 21.3. The maximum absolute atomic E-state index is 12.9. The smallest absolute Gasteiger partial charge is 0.306 e. The molecule has 15 nitrogen and oxygen atoms in total. The fraction of sp³-hybridized carbons (Fsp3) is 0.767. The van der Waals surface area contributed by atoms with E-state index in [2.05, 4.69) is 26.0 Å². The number of allylic oxidation sites excluding steroid dienone is 8. The Labute approximate surface area is 344 Å². The van der Waals surface area contributed by atoms with E-state index in [0.717, 1.165) is 64.2 Å². The Bertz CT molecular complexity index is 1210.